The van der Waals surface area contributed by atoms with Gasteiger partial charge < -0.3 is 0 Å². The Morgan fingerprint density at radius 3 is 2.33 bits per heavy atom. The van der Waals surface area contributed by atoms with E-state index in [9.17, 15) is 17.6 Å². The number of aliphatic imine (C=N–C) groups is 1. The van der Waals surface area contributed by atoms with Crippen molar-refractivity contribution in [2.45, 2.75) is 6.18 Å². The minimum atomic E-state index is -4.81. The summed E-state index contributed by atoms with van der Waals surface area (Å²) >= 11 is 10.3. The Kier molecular flexibility index (Phi) is 3.57. The summed E-state index contributed by atoms with van der Waals surface area (Å²) in [4.78, 5) is 2.88. The van der Waals surface area contributed by atoms with Crippen LogP contribution in [0.3, 0.4) is 0 Å². The van der Waals surface area contributed by atoms with E-state index < -0.39 is 22.9 Å². The summed E-state index contributed by atoms with van der Waals surface area (Å²) in [7, 11) is 0. The van der Waals surface area contributed by atoms with Crippen LogP contribution in [-0.2, 0) is 0 Å². The molecule has 0 aliphatic rings. The van der Waals surface area contributed by atoms with Gasteiger partial charge in [0.1, 0.15) is 11.5 Å². The smallest absolute Gasteiger partial charge is 0.228 e. The van der Waals surface area contributed by atoms with Gasteiger partial charge in [0, 0.05) is 0 Å². The molecule has 0 aliphatic carbocycles. The molecule has 1 aromatic carbocycles. The third-order valence-electron chi connectivity index (χ3n) is 1.38. The number of nitrogens with zero attached hydrogens (tertiary/aromatic N) is 1. The van der Waals surface area contributed by atoms with Gasteiger partial charge in [0.05, 0.1) is 5.02 Å². The first-order valence-corrected chi connectivity index (χ1v) is 4.33. The lowest BCUT2D eigenvalue weighted by molar-refractivity contribution is -0.0558. The third kappa shape index (κ3) is 3.07. The molecule has 0 saturated heterocycles. The van der Waals surface area contributed by atoms with E-state index in [1.54, 1.807) is 0 Å². The van der Waals surface area contributed by atoms with Gasteiger partial charge in [-0.3, -0.25) is 0 Å². The van der Waals surface area contributed by atoms with Gasteiger partial charge >= 0.3 is 6.18 Å². The topological polar surface area (TPSA) is 12.4 Å². The van der Waals surface area contributed by atoms with Crippen LogP contribution in [0.15, 0.2) is 23.2 Å². The highest BCUT2D eigenvalue weighted by atomic mass is 35.5. The molecule has 0 aromatic heterocycles. The third-order valence-corrected chi connectivity index (χ3v) is 1.99. The summed E-state index contributed by atoms with van der Waals surface area (Å²) in [5, 5.41) is -1.91. The molecule has 0 bridgehead atoms. The van der Waals surface area contributed by atoms with Crippen molar-refractivity contribution in [3.8, 4) is 0 Å². The van der Waals surface area contributed by atoms with Crippen LogP contribution in [0, 0.1) is 5.82 Å². The largest absolute Gasteiger partial charge is 0.444 e. The van der Waals surface area contributed by atoms with Gasteiger partial charge in [0.25, 0.3) is 0 Å². The Morgan fingerprint density at radius 1 is 1.27 bits per heavy atom. The first kappa shape index (κ1) is 12.3. The zero-order valence-corrected chi connectivity index (χ0v) is 8.46. The maximum Gasteiger partial charge on any atom is 0.444 e. The van der Waals surface area contributed by atoms with Crippen LogP contribution >= 0.6 is 23.2 Å². The van der Waals surface area contributed by atoms with E-state index in [0.717, 1.165) is 6.07 Å². The van der Waals surface area contributed by atoms with Crippen molar-refractivity contribution in [3.63, 3.8) is 0 Å². The van der Waals surface area contributed by atoms with Gasteiger partial charge in [-0.1, -0.05) is 29.3 Å². The van der Waals surface area contributed by atoms with E-state index in [2.05, 4.69) is 4.99 Å². The summed E-state index contributed by atoms with van der Waals surface area (Å²) in [6, 6.07) is 3.40. The molecule has 0 atom stereocenters. The van der Waals surface area contributed by atoms with Crippen molar-refractivity contribution in [2.24, 2.45) is 4.99 Å². The Balaban J connectivity index is 3.19. The van der Waals surface area contributed by atoms with Gasteiger partial charge in [0.15, 0.2) is 0 Å². The molecule has 0 amide bonds. The molecule has 0 unspecified atom stereocenters. The van der Waals surface area contributed by atoms with E-state index in [-0.39, 0.29) is 5.02 Å². The van der Waals surface area contributed by atoms with Crippen molar-refractivity contribution in [1.82, 2.24) is 0 Å². The van der Waals surface area contributed by atoms with Gasteiger partial charge in [0.2, 0.25) is 5.17 Å². The van der Waals surface area contributed by atoms with E-state index in [4.69, 9.17) is 23.2 Å². The van der Waals surface area contributed by atoms with E-state index in [1.807, 2.05) is 0 Å². The molecule has 0 aliphatic heterocycles. The summed E-state index contributed by atoms with van der Waals surface area (Å²) in [5.74, 6) is -0.968. The van der Waals surface area contributed by atoms with Gasteiger partial charge in [-0.2, -0.15) is 13.2 Å². The van der Waals surface area contributed by atoms with Gasteiger partial charge in [-0.25, -0.2) is 9.38 Å². The zero-order chi connectivity index (χ0) is 11.6. The standard InChI is InChI=1S/C8H3Cl2F4N/c9-4-2-1-3-5(11)6(4)15-7(10)8(12,13)14/h1-3H. The summed E-state index contributed by atoms with van der Waals surface area (Å²) in [6.45, 7) is 0. The number of hydrogen-bond donors (Lipinski definition) is 0. The second-order valence-corrected chi connectivity index (χ2v) is 3.24. The van der Waals surface area contributed by atoms with Crippen LogP contribution in [0.2, 0.25) is 5.02 Å². The van der Waals surface area contributed by atoms with E-state index in [1.165, 1.54) is 12.1 Å². The SMILES string of the molecule is Fc1cccc(Cl)c1N=C(Cl)C(F)(F)F. The van der Waals surface area contributed by atoms with Crippen LogP contribution in [-0.4, -0.2) is 11.3 Å². The highest BCUT2D eigenvalue weighted by Crippen LogP contribution is 2.31. The number of hydrogen-bond acceptors (Lipinski definition) is 1. The first-order valence-electron chi connectivity index (χ1n) is 3.58. The highest BCUT2D eigenvalue weighted by molar-refractivity contribution is 6.67. The molecule has 82 valence electrons. The number of benzene rings is 1. The van der Waals surface area contributed by atoms with Crippen molar-refractivity contribution in [2.75, 3.05) is 0 Å². The lowest BCUT2D eigenvalue weighted by Gasteiger charge is -2.04. The molecule has 1 aromatic rings. The summed E-state index contributed by atoms with van der Waals surface area (Å²) < 4.78 is 48.9. The maximum absolute atomic E-state index is 13.0. The number of halogens is 6. The van der Waals surface area contributed by atoms with Crippen LogP contribution in [0.5, 0.6) is 0 Å². The van der Waals surface area contributed by atoms with Crippen molar-refractivity contribution in [1.29, 1.82) is 0 Å². The molecule has 0 radical (unpaired) electrons. The normalized spacial score (nSPS) is 13.1. The highest BCUT2D eigenvalue weighted by Gasteiger charge is 2.34. The molecular formula is C8H3Cl2F4N. The lowest BCUT2D eigenvalue weighted by atomic mass is 10.3. The van der Waals surface area contributed by atoms with Crippen molar-refractivity contribution >= 4 is 34.1 Å². The molecule has 0 saturated carbocycles. The second-order valence-electron chi connectivity index (χ2n) is 2.47. The van der Waals surface area contributed by atoms with Crippen LogP contribution in [0.4, 0.5) is 23.2 Å². The Labute approximate surface area is 92.3 Å². The number of alkyl halides is 3. The van der Waals surface area contributed by atoms with Gasteiger partial charge in [-0.05, 0) is 12.1 Å². The molecule has 0 fully saturated rings. The molecule has 0 N–H and O–H groups in total. The predicted molar refractivity (Wildman–Crippen MR) is 50.4 cm³/mol. The second kappa shape index (κ2) is 4.37. The molecule has 1 rings (SSSR count). The Hall–Kier alpha value is -0.810. The molecule has 0 spiro atoms. The number of rotatable bonds is 1. The summed E-state index contributed by atoms with van der Waals surface area (Å²) in [6.07, 6.45) is -4.81. The van der Waals surface area contributed by atoms with Crippen LogP contribution < -0.4 is 0 Å². The molecular weight excluding hydrogens is 257 g/mol. The predicted octanol–water partition coefficient (Wildman–Crippen LogP) is 4.31. The fraction of sp³-hybridized carbons (Fsp3) is 0.125. The van der Waals surface area contributed by atoms with E-state index in [0.29, 0.717) is 0 Å². The maximum atomic E-state index is 13.0. The first-order chi connectivity index (χ1) is 6.82. The molecule has 1 nitrogen and oxygen atoms in total. The van der Waals surface area contributed by atoms with Crippen molar-refractivity contribution in [3.05, 3.63) is 29.0 Å². The lowest BCUT2D eigenvalue weighted by Crippen LogP contribution is -2.16. The summed E-state index contributed by atoms with van der Waals surface area (Å²) in [5.41, 5.74) is -0.624. The average molecular weight is 260 g/mol. The van der Waals surface area contributed by atoms with Gasteiger partial charge in [-0.15, -0.1) is 0 Å². The molecule has 0 heterocycles. The quantitative estimate of drug-likeness (QED) is 0.527. The average Bonchev–Trinajstić information content (AvgIpc) is 2.09. The Bertz CT molecular complexity index is 380. The van der Waals surface area contributed by atoms with Crippen molar-refractivity contribution < 1.29 is 17.6 Å². The zero-order valence-electron chi connectivity index (χ0n) is 6.95. The fourth-order valence-electron chi connectivity index (χ4n) is 0.757. The fourth-order valence-corrected chi connectivity index (χ4v) is 1.05. The van der Waals surface area contributed by atoms with Crippen LogP contribution in [0.1, 0.15) is 0 Å². The minimum absolute atomic E-state index is 0.239. The monoisotopic (exact) mass is 259 g/mol. The van der Waals surface area contributed by atoms with Crippen LogP contribution in [0.25, 0.3) is 0 Å². The minimum Gasteiger partial charge on any atom is -0.228 e. The molecule has 7 heteroatoms. The molecule has 15 heavy (non-hydrogen) atoms. The number of para-hydroxylation sites is 1. The van der Waals surface area contributed by atoms with E-state index >= 15 is 0 Å². The Morgan fingerprint density at radius 2 is 1.87 bits per heavy atom.